The highest BCUT2D eigenvalue weighted by Gasteiger charge is 2.06. The Hall–Kier alpha value is -2.01. The number of aryl methyl sites for hydroxylation is 1. The van der Waals surface area contributed by atoms with E-state index in [-0.39, 0.29) is 5.91 Å². The Morgan fingerprint density at radius 2 is 2.16 bits per heavy atom. The zero-order chi connectivity index (χ0) is 13.8. The first-order valence-corrected chi connectivity index (χ1v) is 6.15. The standard InChI is InChI=1S/C13H14ClN3O2/c1-8-5-11(17-19-8)7-15-13-6-10(14)3-4-12(13)16-9(2)18/h3-6,15H,7H2,1-2H3,(H,16,18). The third-order valence-corrected chi connectivity index (χ3v) is 2.66. The lowest BCUT2D eigenvalue weighted by Gasteiger charge is -2.11. The molecule has 0 unspecified atom stereocenters. The van der Waals surface area contributed by atoms with E-state index in [9.17, 15) is 4.79 Å². The van der Waals surface area contributed by atoms with E-state index in [1.807, 2.05) is 13.0 Å². The molecule has 0 spiro atoms. The number of nitrogens with zero attached hydrogens (tertiary/aromatic N) is 1. The first-order valence-electron chi connectivity index (χ1n) is 5.78. The quantitative estimate of drug-likeness (QED) is 0.902. The summed E-state index contributed by atoms with van der Waals surface area (Å²) < 4.78 is 4.99. The van der Waals surface area contributed by atoms with Crippen LogP contribution in [0.4, 0.5) is 11.4 Å². The predicted octanol–water partition coefficient (Wildman–Crippen LogP) is 3.21. The number of carbonyl (C=O) groups excluding carboxylic acids is 1. The number of carbonyl (C=O) groups is 1. The van der Waals surface area contributed by atoms with Crippen LogP contribution >= 0.6 is 11.6 Å². The maximum atomic E-state index is 11.1. The molecule has 0 radical (unpaired) electrons. The molecule has 2 rings (SSSR count). The van der Waals surface area contributed by atoms with E-state index < -0.39 is 0 Å². The van der Waals surface area contributed by atoms with Crippen LogP contribution in [0.1, 0.15) is 18.4 Å². The first kappa shape index (κ1) is 13.4. The second-order valence-electron chi connectivity index (χ2n) is 4.15. The van der Waals surface area contributed by atoms with Gasteiger partial charge in [0.25, 0.3) is 0 Å². The number of halogens is 1. The van der Waals surface area contributed by atoms with Gasteiger partial charge in [0.1, 0.15) is 11.5 Å². The van der Waals surface area contributed by atoms with Gasteiger partial charge >= 0.3 is 0 Å². The topological polar surface area (TPSA) is 67.2 Å². The Morgan fingerprint density at radius 3 is 2.79 bits per heavy atom. The van der Waals surface area contributed by atoms with Crippen molar-refractivity contribution < 1.29 is 9.32 Å². The molecule has 0 saturated carbocycles. The van der Waals surface area contributed by atoms with E-state index >= 15 is 0 Å². The van der Waals surface area contributed by atoms with Crippen molar-refractivity contribution in [2.45, 2.75) is 20.4 Å². The molecule has 0 aliphatic carbocycles. The zero-order valence-corrected chi connectivity index (χ0v) is 11.4. The van der Waals surface area contributed by atoms with E-state index in [1.165, 1.54) is 6.92 Å². The molecule has 1 heterocycles. The van der Waals surface area contributed by atoms with E-state index in [4.69, 9.17) is 16.1 Å². The van der Waals surface area contributed by atoms with Crippen molar-refractivity contribution in [3.8, 4) is 0 Å². The van der Waals surface area contributed by atoms with Crippen molar-refractivity contribution in [3.05, 3.63) is 40.7 Å². The van der Waals surface area contributed by atoms with E-state index in [0.29, 0.717) is 17.3 Å². The fraction of sp³-hybridized carbons (Fsp3) is 0.231. The summed E-state index contributed by atoms with van der Waals surface area (Å²) >= 11 is 5.95. The molecule has 0 saturated heterocycles. The fourth-order valence-corrected chi connectivity index (χ4v) is 1.82. The van der Waals surface area contributed by atoms with E-state index in [0.717, 1.165) is 17.1 Å². The molecule has 2 N–H and O–H groups in total. The lowest BCUT2D eigenvalue weighted by atomic mass is 10.2. The Bertz CT molecular complexity index is 595. The zero-order valence-electron chi connectivity index (χ0n) is 10.7. The minimum atomic E-state index is -0.136. The minimum Gasteiger partial charge on any atom is -0.378 e. The van der Waals surface area contributed by atoms with Crippen LogP contribution in [-0.2, 0) is 11.3 Å². The fourth-order valence-electron chi connectivity index (χ4n) is 1.65. The largest absolute Gasteiger partial charge is 0.378 e. The number of aromatic nitrogens is 1. The summed E-state index contributed by atoms with van der Waals surface area (Å²) in [6, 6.07) is 7.06. The van der Waals surface area contributed by atoms with Crippen molar-refractivity contribution in [3.63, 3.8) is 0 Å². The molecule has 0 atom stereocenters. The summed E-state index contributed by atoms with van der Waals surface area (Å²) in [4.78, 5) is 11.1. The minimum absolute atomic E-state index is 0.136. The molecular formula is C13H14ClN3O2. The third kappa shape index (κ3) is 3.72. The number of hydrogen-bond donors (Lipinski definition) is 2. The van der Waals surface area contributed by atoms with Crippen molar-refractivity contribution in [1.29, 1.82) is 0 Å². The van der Waals surface area contributed by atoms with Gasteiger partial charge in [-0.1, -0.05) is 16.8 Å². The molecule has 1 amide bonds. The maximum Gasteiger partial charge on any atom is 0.221 e. The van der Waals surface area contributed by atoms with Gasteiger partial charge in [-0.25, -0.2) is 0 Å². The molecule has 6 heteroatoms. The number of hydrogen-bond acceptors (Lipinski definition) is 4. The van der Waals surface area contributed by atoms with Crippen LogP contribution in [0.15, 0.2) is 28.8 Å². The van der Waals surface area contributed by atoms with Gasteiger partial charge < -0.3 is 15.2 Å². The highest BCUT2D eigenvalue weighted by Crippen LogP contribution is 2.26. The van der Waals surface area contributed by atoms with E-state index in [2.05, 4.69) is 15.8 Å². The average molecular weight is 280 g/mol. The first-order chi connectivity index (χ1) is 9.04. The van der Waals surface area contributed by atoms with Crippen LogP contribution in [-0.4, -0.2) is 11.1 Å². The maximum absolute atomic E-state index is 11.1. The Morgan fingerprint density at radius 1 is 1.37 bits per heavy atom. The second-order valence-corrected chi connectivity index (χ2v) is 4.59. The van der Waals surface area contributed by atoms with Crippen LogP contribution in [0.3, 0.4) is 0 Å². The Kier molecular flexibility index (Phi) is 4.06. The Balaban J connectivity index is 2.13. The van der Waals surface area contributed by atoms with Crippen molar-refractivity contribution in [2.75, 3.05) is 10.6 Å². The molecule has 0 fully saturated rings. The summed E-state index contributed by atoms with van der Waals surface area (Å²) in [7, 11) is 0. The molecule has 2 aromatic rings. The number of rotatable bonds is 4. The molecular weight excluding hydrogens is 266 g/mol. The van der Waals surface area contributed by atoms with Gasteiger partial charge in [0.2, 0.25) is 5.91 Å². The van der Waals surface area contributed by atoms with Gasteiger partial charge in [0.15, 0.2) is 0 Å². The summed E-state index contributed by atoms with van der Waals surface area (Å²) in [5, 5.41) is 10.4. The average Bonchev–Trinajstić information content (AvgIpc) is 2.75. The van der Waals surface area contributed by atoms with Crippen LogP contribution in [0.5, 0.6) is 0 Å². The molecule has 1 aromatic carbocycles. The van der Waals surface area contributed by atoms with Gasteiger partial charge in [-0.3, -0.25) is 4.79 Å². The highest BCUT2D eigenvalue weighted by molar-refractivity contribution is 6.31. The number of benzene rings is 1. The summed E-state index contributed by atoms with van der Waals surface area (Å²) in [6.45, 7) is 3.78. The third-order valence-electron chi connectivity index (χ3n) is 2.43. The molecule has 0 aliphatic rings. The second kappa shape index (κ2) is 5.75. The predicted molar refractivity (Wildman–Crippen MR) is 74.3 cm³/mol. The molecule has 1 aromatic heterocycles. The molecule has 0 aliphatic heterocycles. The molecule has 5 nitrogen and oxygen atoms in total. The van der Waals surface area contributed by atoms with Crippen molar-refractivity contribution in [1.82, 2.24) is 5.16 Å². The molecule has 19 heavy (non-hydrogen) atoms. The molecule has 0 bridgehead atoms. The van der Waals surface area contributed by atoms with Gasteiger partial charge in [0.05, 0.1) is 17.9 Å². The smallest absolute Gasteiger partial charge is 0.221 e. The number of amides is 1. The summed E-state index contributed by atoms with van der Waals surface area (Å²) in [5.74, 6) is 0.618. The van der Waals surface area contributed by atoms with E-state index in [1.54, 1.807) is 18.2 Å². The SMILES string of the molecule is CC(=O)Nc1ccc(Cl)cc1NCc1cc(C)on1. The van der Waals surface area contributed by atoms with Gasteiger partial charge in [-0.15, -0.1) is 0 Å². The monoisotopic (exact) mass is 279 g/mol. The number of nitrogens with one attached hydrogen (secondary N) is 2. The number of anilines is 2. The van der Waals surface area contributed by atoms with Gasteiger partial charge in [-0.05, 0) is 25.1 Å². The van der Waals surface area contributed by atoms with Crippen molar-refractivity contribution >= 4 is 28.9 Å². The van der Waals surface area contributed by atoms with Crippen LogP contribution < -0.4 is 10.6 Å². The normalized spacial score (nSPS) is 10.3. The molecule has 100 valence electrons. The van der Waals surface area contributed by atoms with Crippen LogP contribution in [0.25, 0.3) is 0 Å². The van der Waals surface area contributed by atoms with Crippen LogP contribution in [0.2, 0.25) is 5.02 Å². The lowest BCUT2D eigenvalue weighted by molar-refractivity contribution is -0.114. The van der Waals surface area contributed by atoms with Crippen molar-refractivity contribution in [2.24, 2.45) is 0 Å². The Labute approximate surface area is 115 Å². The van der Waals surface area contributed by atoms with Gasteiger partial charge in [-0.2, -0.15) is 0 Å². The van der Waals surface area contributed by atoms with Gasteiger partial charge in [0, 0.05) is 18.0 Å². The highest BCUT2D eigenvalue weighted by atomic mass is 35.5. The van der Waals surface area contributed by atoms with Crippen LogP contribution in [0, 0.1) is 6.92 Å². The lowest BCUT2D eigenvalue weighted by Crippen LogP contribution is -2.09. The summed E-state index contributed by atoms with van der Waals surface area (Å²) in [6.07, 6.45) is 0. The summed E-state index contributed by atoms with van der Waals surface area (Å²) in [5.41, 5.74) is 2.20.